The highest BCUT2D eigenvalue weighted by atomic mass is 19.1. The van der Waals surface area contributed by atoms with Crippen molar-refractivity contribution in [2.45, 2.75) is 6.54 Å². The number of nitrogens with zero attached hydrogens (tertiary/aromatic N) is 3. The maximum absolute atomic E-state index is 13.3. The molecular weight excluding hydrogens is 317 g/mol. The molecule has 0 aliphatic carbocycles. The molecule has 0 radical (unpaired) electrons. The number of hydrogen-bond donors (Lipinski definition) is 0. The van der Waals surface area contributed by atoms with Gasteiger partial charge in [-0.15, -0.1) is 0 Å². The number of halogens is 1. The van der Waals surface area contributed by atoms with Gasteiger partial charge in [0, 0.05) is 17.1 Å². The van der Waals surface area contributed by atoms with E-state index in [2.05, 4.69) is 11.1 Å². The van der Waals surface area contributed by atoms with Crippen molar-refractivity contribution >= 4 is 10.9 Å². The molecule has 25 heavy (non-hydrogen) atoms. The molecule has 3 heterocycles. The minimum Gasteiger partial charge on any atom is -0.475 e. The van der Waals surface area contributed by atoms with Crippen LogP contribution in [0, 0.1) is 5.82 Å². The molecule has 4 nitrogen and oxygen atoms in total. The minimum atomic E-state index is -0.259. The van der Waals surface area contributed by atoms with Crippen LogP contribution in [0.4, 0.5) is 4.39 Å². The highest BCUT2D eigenvalue weighted by molar-refractivity contribution is 5.90. The molecule has 0 fully saturated rings. The Hall–Kier alpha value is -3.21. The molecule has 1 aliphatic heterocycles. The van der Waals surface area contributed by atoms with Gasteiger partial charge in [-0.3, -0.25) is 4.98 Å². The van der Waals surface area contributed by atoms with Crippen LogP contribution >= 0.6 is 0 Å². The normalized spacial score (nSPS) is 13.0. The molecule has 0 N–H and O–H groups in total. The van der Waals surface area contributed by atoms with Gasteiger partial charge in [0.15, 0.2) is 0 Å². The van der Waals surface area contributed by atoms with E-state index in [4.69, 9.17) is 9.84 Å². The first-order chi connectivity index (χ1) is 12.3. The smallest absolute Gasteiger partial charge is 0.220 e. The van der Waals surface area contributed by atoms with Crippen LogP contribution in [0.15, 0.2) is 60.8 Å². The van der Waals surface area contributed by atoms with Crippen LogP contribution in [0.5, 0.6) is 5.88 Å². The van der Waals surface area contributed by atoms with E-state index in [0.29, 0.717) is 6.61 Å². The van der Waals surface area contributed by atoms with Gasteiger partial charge in [0.05, 0.1) is 17.6 Å². The number of rotatable bonds is 2. The van der Waals surface area contributed by atoms with E-state index >= 15 is 0 Å². The maximum atomic E-state index is 13.3. The molecule has 122 valence electrons. The van der Waals surface area contributed by atoms with Gasteiger partial charge in [-0.25, -0.2) is 9.07 Å². The summed E-state index contributed by atoms with van der Waals surface area (Å²) in [6, 6.07) is 16.5. The summed E-state index contributed by atoms with van der Waals surface area (Å²) >= 11 is 0. The Kier molecular flexibility index (Phi) is 3.06. The highest BCUT2D eigenvalue weighted by Gasteiger charge is 2.25. The molecule has 0 spiro atoms. The molecule has 0 saturated heterocycles. The molecule has 5 rings (SSSR count). The quantitative estimate of drug-likeness (QED) is 0.550. The van der Waals surface area contributed by atoms with E-state index < -0.39 is 0 Å². The second-order valence-corrected chi connectivity index (χ2v) is 6.02. The van der Waals surface area contributed by atoms with Crippen LogP contribution < -0.4 is 4.74 Å². The summed E-state index contributed by atoms with van der Waals surface area (Å²) in [5.74, 6) is 0.507. The van der Waals surface area contributed by atoms with Gasteiger partial charge in [-0.2, -0.15) is 5.10 Å². The summed E-state index contributed by atoms with van der Waals surface area (Å²) < 4.78 is 21.0. The first-order valence-corrected chi connectivity index (χ1v) is 8.14. The number of ether oxygens (including phenoxy) is 1. The van der Waals surface area contributed by atoms with Gasteiger partial charge in [-0.1, -0.05) is 12.1 Å². The third-order valence-corrected chi connectivity index (χ3v) is 4.46. The van der Waals surface area contributed by atoms with E-state index in [1.165, 1.54) is 12.1 Å². The second-order valence-electron chi connectivity index (χ2n) is 6.02. The highest BCUT2D eigenvalue weighted by Crippen LogP contribution is 2.41. The number of hydrogen-bond acceptors (Lipinski definition) is 3. The van der Waals surface area contributed by atoms with Crippen molar-refractivity contribution in [2.24, 2.45) is 0 Å². The van der Waals surface area contributed by atoms with Crippen LogP contribution in [0.2, 0.25) is 0 Å². The van der Waals surface area contributed by atoms with Crippen molar-refractivity contribution in [1.29, 1.82) is 0 Å². The standard InChI is InChI=1S/C20H14FN3O/c21-16-6-3-13(4-7-16)19-18(20-24(23-19)10-11-25-20)15-5-8-17-14(12-15)2-1-9-22-17/h1-9,12H,10-11H2. The zero-order valence-corrected chi connectivity index (χ0v) is 13.3. The van der Waals surface area contributed by atoms with Gasteiger partial charge >= 0.3 is 0 Å². The molecule has 2 aromatic carbocycles. The van der Waals surface area contributed by atoms with Crippen LogP contribution in [-0.4, -0.2) is 21.4 Å². The van der Waals surface area contributed by atoms with E-state index in [1.807, 2.05) is 28.9 Å². The van der Waals surface area contributed by atoms with E-state index in [1.54, 1.807) is 18.3 Å². The van der Waals surface area contributed by atoms with Crippen molar-refractivity contribution in [1.82, 2.24) is 14.8 Å². The zero-order chi connectivity index (χ0) is 16.8. The van der Waals surface area contributed by atoms with Crippen LogP contribution in [0.25, 0.3) is 33.3 Å². The first-order valence-electron chi connectivity index (χ1n) is 8.14. The third kappa shape index (κ3) is 2.28. The average Bonchev–Trinajstić information content (AvgIpc) is 3.23. The Morgan fingerprint density at radius 3 is 2.72 bits per heavy atom. The molecule has 2 aromatic heterocycles. The molecule has 5 heteroatoms. The summed E-state index contributed by atoms with van der Waals surface area (Å²) in [6.45, 7) is 1.34. The molecule has 0 atom stereocenters. The largest absolute Gasteiger partial charge is 0.475 e. The lowest BCUT2D eigenvalue weighted by atomic mass is 9.99. The van der Waals surface area contributed by atoms with Crippen molar-refractivity contribution in [2.75, 3.05) is 6.61 Å². The first kappa shape index (κ1) is 14.2. The van der Waals surface area contributed by atoms with Crippen molar-refractivity contribution in [3.63, 3.8) is 0 Å². The summed E-state index contributed by atoms with van der Waals surface area (Å²) in [7, 11) is 0. The maximum Gasteiger partial charge on any atom is 0.220 e. The number of fused-ring (bicyclic) bond motifs is 2. The SMILES string of the molecule is Fc1ccc(-c2nn3c(c2-c2ccc4ncccc4c2)OCC3)cc1. The number of benzene rings is 2. The summed E-state index contributed by atoms with van der Waals surface area (Å²) in [5, 5.41) is 5.76. The monoisotopic (exact) mass is 331 g/mol. The molecule has 4 aromatic rings. The minimum absolute atomic E-state index is 0.259. The molecule has 0 saturated carbocycles. The Morgan fingerprint density at radius 1 is 1.00 bits per heavy atom. The number of pyridine rings is 1. The second kappa shape index (κ2) is 5.41. The topological polar surface area (TPSA) is 39.9 Å². The summed E-state index contributed by atoms with van der Waals surface area (Å²) in [5.41, 5.74) is 4.57. The Labute approximate surface area is 143 Å². The summed E-state index contributed by atoms with van der Waals surface area (Å²) in [6.07, 6.45) is 1.78. The molecule has 0 amide bonds. The molecule has 0 bridgehead atoms. The van der Waals surface area contributed by atoms with Crippen LogP contribution in [-0.2, 0) is 6.54 Å². The zero-order valence-electron chi connectivity index (χ0n) is 13.3. The lowest BCUT2D eigenvalue weighted by Gasteiger charge is -2.07. The molecule has 1 aliphatic rings. The van der Waals surface area contributed by atoms with Gasteiger partial charge in [0.1, 0.15) is 18.1 Å². The van der Waals surface area contributed by atoms with Gasteiger partial charge in [-0.05, 0) is 48.0 Å². The van der Waals surface area contributed by atoms with E-state index in [-0.39, 0.29) is 5.82 Å². The van der Waals surface area contributed by atoms with Crippen LogP contribution in [0.1, 0.15) is 0 Å². The fourth-order valence-corrected chi connectivity index (χ4v) is 3.27. The summed E-state index contributed by atoms with van der Waals surface area (Å²) in [4.78, 5) is 4.37. The Bertz CT molecular complexity index is 1090. The fraction of sp³-hybridized carbons (Fsp3) is 0.100. The van der Waals surface area contributed by atoms with Crippen LogP contribution in [0.3, 0.4) is 0 Å². The lowest BCUT2D eigenvalue weighted by Crippen LogP contribution is -1.96. The fourth-order valence-electron chi connectivity index (χ4n) is 3.27. The molecule has 0 unspecified atom stereocenters. The van der Waals surface area contributed by atoms with Crippen molar-refractivity contribution in [3.05, 3.63) is 66.6 Å². The van der Waals surface area contributed by atoms with E-state index in [0.717, 1.165) is 45.7 Å². The third-order valence-electron chi connectivity index (χ3n) is 4.46. The predicted molar refractivity (Wildman–Crippen MR) is 93.9 cm³/mol. The predicted octanol–water partition coefficient (Wildman–Crippen LogP) is 4.30. The van der Waals surface area contributed by atoms with Gasteiger partial charge < -0.3 is 4.74 Å². The Balaban J connectivity index is 1.75. The van der Waals surface area contributed by atoms with Crippen molar-refractivity contribution < 1.29 is 9.13 Å². The van der Waals surface area contributed by atoms with E-state index in [9.17, 15) is 4.39 Å². The average molecular weight is 331 g/mol. The lowest BCUT2D eigenvalue weighted by molar-refractivity contribution is 0.358. The molecular formula is C20H14FN3O. The van der Waals surface area contributed by atoms with Gasteiger partial charge in [0.25, 0.3) is 0 Å². The Morgan fingerprint density at radius 2 is 1.84 bits per heavy atom. The van der Waals surface area contributed by atoms with Crippen molar-refractivity contribution in [3.8, 4) is 28.3 Å². The number of aromatic nitrogens is 3. The van der Waals surface area contributed by atoms with Gasteiger partial charge in [0.2, 0.25) is 5.88 Å².